The van der Waals surface area contributed by atoms with Crippen LogP contribution in [-0.4, -0.2) is 48.1 Å². The van der Waals surface area contributed by atoms with Crippen molar-refractivity contribution in [1.29, 1.82) is 0 Å². The highest BCUT2D eigenvalue weighted by atomic mass is 35.5. The molecule has 3 heterocycles. The Kier molecular flexibility index (Phi) is 5.62. The summed E-state index contributed by atoms with van der Waals surface area (Å²) in [6, 6.07) is 1.69. The van der Waals surface area contributed by atoms with E-state index >= 15 is 0 Å². The molecule has 1 aliphatic heterocycles. The number of aromatic amines is 1. The van der Waals surface area contributed by atoms with Gasteiger partial charge < -0.3 is 14.6 Å². The van der Waals surface area contributed by atoms with Crippen LogP contribution < -0.4 is 4.90 Å². The molecule has 2 aromatic rings. The van der Waals surface area contributed by atoms with Crippen LogP contribution >= 0.6 is 22.9 Å². The van der Waals surface area contributed by atoms with E-state index in [9.17, 15) is 14.0 Å². The summed E-state index contributed by atoms with van der Waals surface area (Å²) >= 11 is 7.21. The number of carbonyl (C=O) groups excluding carboxylic acids is 2. The van der Waals surface area contributed by atoms with Crippen molar-refractivity contribution < 1.29 is 18.7 Å². The van der Waals surface area contributed by atoms with Crippen LogP contribution in [0.4, 0.5) is 9.52 Å². The molecule has 0 amide bonds. The molecule has 1 fully saturated rings. The molecule has 6 nitrogen and oxygen atoms in total. The molecule has 140 valence electrons. The smallest absolute Gasteiger partial charge is 0.349 e. The number of carbonyl (C=O) groups is 2. The van der Waals surface area contributed by atoms with Crippen molar-refractivity contribution in [1.82, 2.24) is 9.97 Å². The summed E-state index contributed by atoms with van der Waals surface area (Å²) in [7, 11) is 1.31. The number of piperidine rings is 1. The fraction of sp³-hybridized carbons (Fsp3) is 0.471. The van der Waals surface area contributed by atoms with Gasteiger partial charge in [0.15, 0.2) is 10.9 Å². The number of nitrogens with zero attached hydrogens (tertiary/aromatic N) is 2. The minimum absolute atomic E-state index is 0.111. The number of anilines is 1. The SMILES string of the molecule is COC(=O)c1cnc(N2CC[C@@H](CC(=O)c3[nH]c(C)cc3Cl)[C@@H](F)C2)s1. The number of methoxy groups -OCH3 is 1. The number of aryl methyl sites for hydroxylation is 1. The van der Waals surface area contributed by atoms with Crippen molar-refractivity contribution in [2.45, 2.75) is 25.9 Å². The molecule has 0 aliphatic carbocycles. The van der Waals surface area contributed by atoms with Gasteiger partial charge in [-0.2, -0.15) is 0 Å². The lowest BCUT2D eigenvalue weighted by molar-refractivity contribution is 0.0606. The largest absolute Gasteiger partial charge is 0.465 e. The zero-order valence-corrected chi connectivity index (χ0v) is 16.0. The third-order valence-electron chi connectivity index (χ3n) is 4.46. The monoisotopic (exact) mass is 399 g/mol. The van der Waals surface area contributed by atoms with E-state index in [0.29, 0.717) is 33.7 Å². The van der Waals surface area contributed by atoms with Gasteiger partial charge in [-0.05, 0) is 19.4 Å². The number of hydrogen-bond acceptors (Lipinski definition) is 6. The maximum absolute atomic E-state index is 14.6. The number of thiazole rings is 1. The second kappa shape index (κ2) is 7.75. The third-order valence-corrected chi connectivity index (χ3v) is 5.79. The number of ketones is 1. The van der Waals surface area contributed by atoms with E-state index in [1.165, 1.54) is 24.6 Å². The first-order valence-electron chi connectivity index (χ1n) is 8.20. The molecule has 0 unspecified atom stereocenters. The fourth-order valence-corrected chi connectivity index (χ4v) is 4.25. The number of alkyl halides is 1. The lowest BCUT2D eigenvalue weighted by Crippen LogP contribution is -2.42. The van der Waals surface area contributed by atoms with Crippen LogP contribution in [0, 0.1) is 12.8 Å². The minimum atomic E-state index is -1.16. The quantitative estimate of drug-likeness (QED) is 0.613. The molecule has 2 aromatic heterocycles. The predicted octanol–water partition coefficient (Wildman–Crippen LogP) is 3.66. The van der Waals surface area contributed by atoms with Crippen LogP contribution in [0.1, 0.15) is 38.7 Å². The minimum Gasteiger partial charge on any atom is -0.465 e. The van der Waals surface area contributed by atoms with Gasteiger partial charge in [0.05, 0.1) is 24.9 Å². The second-order valence-corrected chi connectivity index (χ2v) is 7.73. The van der Waals surface area contributed by atoms with Crippen molar-refractivity contribution in [3.63, 3.8) is 0 Å². The van der Waals surface area contributed by atoms with E-state index in [0.717, 1.165) is 5.69 Å². The highest BCUT2D eigenvalue weighted by Crippen LogP contribution is 2.31. The Morgan fingerprint density at radius 1 is 1.54 bits per heavy atom. The van der Waals surface area contributed by atoms with Crippen molar-refractivity contribution in [3.8, 4) is 0 Å². The number of H-pyrrole nitrogens is 1. The molecule has 1 N–H and O–H groups in total. The zero-order chi connectivity index (χ0) is 18.8. The summed E-state index contributed by atoms with van der Waals surface area (Å²) < 4.78 is 19.3. The molecule has 2 atom stereocenters. The molecule has 1 saturated heterocycles. The van der Waals surface area contributed by atoms with E-state index in [1.54, 1.807) is 11.0 Å². The fourth-order valence-electron chi connectivity index (χ4n) is 3.06. The summed E-state index contributed by atoms with van der Waals surface area (Å²) in [5.41, 5.74) is 1.15. The highest BCUT2D eigenvalue weighted by Gasteiger charge is 2.33. The molecular formula is C17H19ClFN3O3S. The predicted molar refractivity (Wildman–Crippen MR) is 98.2 cm³/mol. The molecule has 0 aromatic carbocycles. The van der Waals surface area contributed by atoms with Gasteiger partial charge in [0.25, 0.3) is 0 Å². The number of nitrogens with one attached hydrogen (secondary N) is 1. The Hall–Kier alpha value is -1.93. The van der Waals surface area contributed by atoms with E-state index in [-0.39, 0.29) is 24.7 Å². The number of hydrogen-bond donors (Lipinski definition) is 1. The first-order valence-corrected chi connectivity index (χ1v) is 9.40. The molecule has 0 spiro atoms. The number of aromatic nitrogens is 2. The second-order valence-electron chi connectivity index (χ2n) is 6.31. The average molecular weight is 400 g/mol. The Labute approximate surface area is 159 Å². The molecule has 9 heteroatoms. The molecule has 26 heavy (non-hydrogen) atoms. The molecule has 0 radical (unpaired) electrons. The van der Waals surface area contributed by atoms with Crippen molar-refractivity contribution >= 4 is 39.8 Å². The van der Waals surface area contributed by atoms with Crippen LogP contribution in [0.2, 0.25) is 5.02 Å². The molecular weight excluding hydrogens is 381 g/mol. The third kappa shape index (κ3) is 3.91. The van der Waals surface area contributed by atoms with Crippen LogP contribution in [0.3, 0.4) is 0 Å². The van der Waals surface area contributed by atoms with E-state index < -0.39 is 12.1 Å². The summed E-state index contributed by atoms with van der Waals surface area (Å²) in [5.74, 6) is -0.992. The van der Waals surface area contributed by atoms with Crippen LogP contribution in [-0.2, 0) is 4.74 Å². The van der Waals surface area contributed by atoms with Crippen molar-refractivity contribution in [3.05, 3.63) is 33.6 Å². The number of halogens is 2. The first kappa shape index (κ1) is 18.8. The normalized spacial score (nSPS) is 20.2. The number of Topliss-reactive ketones (excluding diaryl/α,β-unsaturated/α-hetero) is 1. The Morgan fingerprint density at radius 3 is 2.92 bits per heavy atom. The standard InChI is InChI=1S/C17H19ClFN3O3S/c1-9-5-11(18)15(21-9)13(23)6-10-3-4-22(8-12(10)19)17-20-7-14(26-17)16(24)25-2/h5,7,10,12,21H,3-4,6,8H2,1-2H3/t10-,12-/m0/s1. The van der Waals surface area contributed by atoms with Gasteiger partial charge >= 0.3 is 5.97 Å². The van der Waals surface area contributed by atoms with Crippen molar-refractivity contribution in [2.24, 2.45) is 5.92 Å². The lowest BCUT2D eigenvalue weighted by atomic mass is 9.89. The van der Waals surface area contributed by atoms with E-state index in [2.05, 4.69) is 14.7 Å². The summed E-state index contributed by atoms with van der Waals surface area (Å²) in [5, 5.41) is 0.958. The Morgan fingerprint density at radius 2 is 2.31 bits per heavy atom. The van der Waals surface area contributed by atoms with Crippen LogP contribution in [0.15, 0.2) is 12.3 Å². The van der Waals surface area contributed by atoms with E-state index in [1.807, 2.05) is 6.92 Å². The topological polar surface area (TPSA) is 75.3 Å². The zero-order valence-electron chi connectivity index (χ0n) is 14.4. The van der Waals surface area contributed by atoms with Gasteiger partial charge in [0.1, 0.15) is 16.7 Å². The molecule has 0 saturated carbocycles. The Balaban J connectivity index is 1.61. The summed E-state index contributed by atoms with van der Waals surface area (Å²) in [6.45, 7) is 2.53. The van der Waals surface area contributed by atoms with Gasteiger partial charge in [-0.15, -0.1) is 0 Å². The van der Waals surface area contributed by atoms with Gasteiger partial charge in [-0.1, -0.05) is 22.9 Å². The summed E-state index contributed by atoms with van der Waals surface area (Å²) in [4.78, 5) is 33.2. The van der Waals surface area contributed by atoms with Gasteiger partial charge in [-0.3, -0.25) is 4.79 Å². The summed E-state index contributed by atoms with van der Waals surface area (Å²) in [6.07, 6.45) is 0.912. The molecule has 1 aliphatic rings. The lowest BCUT2D eigenvalue weighted by Gasteiger charge is -2.34. The van der Waals surface area contributed by atoms with Gasteiger partial charge in [0.2, 0.25) is 0 Å². The van der Waals surface area contributed by atoms with Crippen molar-refractivity contribution in [2.75, 3.05) is 25.1 Å². The first-order chi connectivity index (χ1) is 12.4. The average Bonchev–Trinajstić information content (AvgIpc) is 3.22. The van der Waals surface area contributed by atoms with Gasteiger partial charge in [-0.25, -0.2) is 14.2 Å². The number of ether oxygens (including phenoxy) is 1. The molecule has 3 rings (SSSR count). The maximum atomic E-state index is 14.6. The van der Waals surface area contributed by atoms with E-state index in [4.69, 9.17) is 11.6 Å². The Bertz CT molecular complexity index is 822. The highest BCUT2D eigenvalue weighted by molar-refractivity contribution is 7.17. The number of esters is 1. The van der Waals surface area contributed by atoms with Gasteiger partial charge in [0, 0.05) is 24.6 Å². The maximum Gasteiger partial charge on any atom is 0.349 e. The molecule has 0 bridgehead atoms. The van der Waals surface area contributed by atoms with Crippen LogP contribution in [0.25, 0.3) is 0 Å². The van der Waals surface area contributed by atoms with Crippen LogP contribution in [0.5, 0.6) is 0 Å². The number of rotatable bonds is 5.